The highest BCUT2D eigenvalue weighted by Crippen LogP contribution is 2.33. The van der Waals surface area contributed by atoms with E-state index in [4.69, 9.17) is 4.18 Å². The van der Waals surface area contributed by atoms with Gasteiger partial charge in [0.15, 0.2) is 0 Å². The molecule has 0 aliphatic rings. The first-order valence-corrected chi connectivity index (χ1v) is 7.99. The molecule has 0 saturated heterocycles. The molecule has 0 N–H and O–H groups in total. The minimum atomic E-state index is -1.30. The van der Waals surface area contributed by atoms with Crippen LogP contribution in [0.4, 0.5) is 0 Å². The van der Waals surface area contributed by atoms with Gasteiger partial charge in [-0.15, -0.1) is 0 Å². The molecule has 1 unspecified atom stereocenters. The van der Waals surface area contributed by atoms with E-state index in [1.54, 1.807) is 0 Å². The van der Waals surface area contributed by atoms with Crippen molar-refractivity contribution in [3.63, 3.8) is 0 Å². The second-order valence-electron chi connectivity index (χ2n) is 4.99. The number of fused-ring (bicyclic) bond motifs is 2. The first-order chi connectivity index (χ1) is 9.58. The summed E-state index contributed by atoms with van der Waals surface area (Å²) in [7, 11) is 0. The van der Waals surface area contributed by atoms with Crippen molar-refractivity contribution in [3.8, 4) is 5.75 Å². The fourth-order valence-corrected chi connectivity index (χ4v) is 3.15. The maximum absolute atomic E-state index is 11.2. The van der Waals surface area contributed by atoms with Crippen LogP contribution in [0.3, 0.4) is 0 Å². The molecule has 0 bridgehead atoms. The van der Waals surface area contributed by atoms with Gasteiger partial charge in [0.1, 0.15) is 5.75 Å². The zero-order valence-corrected chi connectivity index (χ0v) is 12.6. The number of hydrogen-bond donors (Lipinski definition) is 0. The lowest BCUT2D eigenvalue weighted by atomic mass is 9.93. The van der Waals surface area contributed by atoms with Gasteiger partial charge in [-0.25, -0.2) is 4.21 Å². The van der Waals surface area contributed by atoms with Crippen molar-refractivity contribution in [2.45, 2.75) is 13.8 Å². The molecule has 3 aromatic carbocycles. The van der Waals surface area contributed by atoms with E-state index >= 15 is 0 Å². The summed E-state index contributed by atoms with van der Waals surface area (Å²) in [4.78, 5) is 0. The van der Waals surface area contributed by atoms with Gasteiger partial charge in [-0.05, 0) is 58.7 Å². The minimum Gasteiger partial charge on any atom is -0.401 e. The van der Waals surface area contributed by atoms with E-state index < -0.39 is 11.1 Å². The normalized spacial score (nSPS) is 12.8. The molecule has 0 radical (unpaired) electrons. The van der Waals surface area contributed by atoms with Crippen molar-refractivity contribution in [1.29, 1.82) is 0 Å². The van der Waals surface area contributed by atoms with E-state index in [2.05, 4.69) is 38.1 Å². The summed E-state index contributed by atoms with van der Waals surface area (Å²) in [5.41, 5.74) is 2.50. The van der Waals surface area contributed by atoms with E-state index in [0.29, 0.717) is 5.75 Å². The van der Waals surface area contributed by atoms with Crippen LogP contribution in [0.15, 0.2) is 42.5 Å². The van der Waals surface area contributed by atoms with Crippen LogP contribution >= 0.6 is 0 Å². The van der Waals surface area contributed by atoms with Crippen LogP contribution in [-0.2, 0) is 11.1 Å². The molecule has 102 valence electrons. The Balaban J connectivity index is 2.37. The highest BCUT2D eigenvalue weighted by atomic mass is 32.2. The van der Waals surface area contributed by atoms with Crippen LogP contribution in [-0.4, -0.2) is 10.5 Å². The Morgan fingerprint density at radius 2 is 1.40 bits per heavy atom. The number of benzene rings is 3. The zero-order chi connectivity index (χ0) is 14.3. The number of hydrogen-bond acceptors (Lipinski definition) is 2. The fraction of sp³-hybridized carbons (Fsp3) is 0.176. The second kappa shape index (κ2) is 4.91. The molecule has 3 rings (SSSR count). The van der Waals surface area contributed by atoms with Gasteiger partial charge in [-0.1, -0.05) is 30.3 Å². The maximum Gasteiger partial charge on any atom is 0.203 e. The molecular weight excluding hydrogens is 268 g/mol. The monoisotopic (exact) mass is 284 g/mol. The number of aryl methyl sites for hydroxylation is 2. The largest absolute Gasteiger partial charge is 0.401 e. The van der Waals surface area contributed by atoms with Crippen molar-refractivity contribution in [3.05, 3.63) is 53.6 Å². The van der Waals surface area contributed by atoms with Crippen LogP contribution < -0.4 is 4.18 Å². The van der Waals surface area contributed by atoms with Gasteiger partial charge in [0.05, 0.1) is 0 Å². The molecule has 0 amide bonds. The van der Waals surface area contributed by atoms with Gasteiger partial charge in [0, 0.05) is 6.26 Å². The predicted octanol–water partition coefficient (Wildman–Crippen LogP) is 4.28. The quantitative estimate of drug-likeness (QED) is 0.656. The average molecular weight is 284 g/mol. The zero-order valence-electron chi connectivity index (χ0n) is 11.8. The van der Waals surface area contributed by atoms with Crippen molar-refractivity contribution in [2.24, 2.45) is 0 Å². The molecule has 0 saturated carbocycles. The summed E-state index contributed by atoms with van der Waals surface area (Å²) in [6.07, 6.45) is 1.53. The molecule has 2 nitrogen and oxygen atoms in total. The summed E-state index contributed by atoms with van der Waals surface area (Å²) in [5, 5.41) is 4.91. The number of rotatable bonds is 2. The fourth-order valence-electron chi connectivity index (χ4n) is 2.78. The average Bonchev–Trinajstić information content (AvgIpc) is 2.44. The van der Waals surface area contributed by atoms with Crippen molar-refractivity contribution >= 4 is 32.6 Å². The van der Waals surface area contributed by atoms with Gasteiger partial charge in [-0.3, -0.25) is 0 Å². The van der Waals surface area contributed by atoms with E-state index in [0.717, 1.165) is 5.39 Å². The van der Waals surface area contributed by atoms with Gasteiger partial charge >= 0.3 is 0 Å². The lowest BCUT2D eigenvalue weighted by Crippen LogP contribution is -1.97. The Morgan fingerprint density at radius 3 is 2.00 bits per heavy atom. The van der Waals surface area contributed by atoms with Gasteiger partial charge in [-0.2, -0.15) is 0 Å². The highest BCUT2D eigenvalue weighted by molar-refractivity contribution is 7.79. The molecule has 0 aliphatic heterocycles. The topological polar surface area (TPSA) is 26.3 Å². The molecule has 0 heterocycles. The first-order valence-electron chi connectivity index (χ1n) is 6.51. The molecule has 0 aliphatic carbocycles. The molecular formula is C17H16O2S. The van der Waals surface area contributed by atoms with Crippen LogP contribution in [0.1, 0.15) is 11.1 Å². The van der Waals surface area contributed by atoms with Gasteiger partial charge < -0.3 is 4.18 Å². The SMILES string of the molecule is Cc1c2ccccc2c(C)c2cc(OS(C)=O)ccc12. The van der Waals surface area contributed by atoms with Crippen LogP contribution in [0.2, 0.25) is 0 Å². The molecule has 0 aromatic heterocycles. The van der Waals surface area contributed by atoms with Crippen molar-refractivity contribution in [2.75, 3.05) is 6.26 Å². The Morgan fingerprint density at radius 1 is 0.850 bits per heavy atom. The van der Waals surface area contributed by atoms with E-state index in [1.807, 2.05) is 18.2 Å². The molecule has 0 spiro atoms. The summed E-state index contributed by atoms with van der Waals surface area (Å²) in [5.74, 6) is 0.649. The Kier molecular flexibility index (Phi) is 3.22. The maximum atomic E-state index is 11.2. The summed E-state index contributed by atoms with van der Waals surface area (Å²) >= 11 is -1.30. The molecule has 1 atom stereocenters. The van der Waals surface area contributed by atoms with Crippen LogP contribution in [0.25, 0.3) is 21.5 Å². The summed E-state index contributed by atoms with van der Waals surface area (Å²) in [6.45, 7) is 4.26. The van der Waals surface area contributed by atoms with E-state index in [9.17, 15) is 4.21 Å². The molecule has 3 heteroatoms. The third-order valence-corrected chi connectivity index (χ3v) is 4.17. The van der Waals surface area contributed by atoms with Crippen LogP contribution in [0, 0.1) is 13.8 Å². The minimum absolute atomic E-state index is 0.649. The Labute approximate surface area is 121 Å². The standard InChI is InChI=1S/C17H16O2S/c1-11-14-6-4-5-7-15(14)12(2)17-10-13(19-20(3)18)8-9-16(11)17/h4-10H,1-3H3. The Hall–Kier alpha value is -1.87. The summed E-state index contributed by atoms with van der Waals surface area (Å²) in [6, 6.07) is 14.3. The third-order valence-electron chi connectivity index (χ3n) is 3.75. The lowest BCUT2D eigenvalue weighted by Gasteiger charge is -2.13. The predicted molar refractivity (Wildman–Crippen MR) is 85.6 cm³/mol. The molecule has 0 fully saturated rings. The van der Waals surface area contributed by atoms with E-state index in [-0.39, 0.29) is 0 Å². The molecule has 3 aromatic rings. The lowest BCUT2D eigenvalue weighted by molar-refractivity contribution is 0.568. The second-order valence-corrected chi connectivity index (χ2v) is 5.96. The highest BCUT2D eigenvalue weighted by Gasteiger charge is 2.09. The summed E-state index contributed by atoms with van der Waals surface area (Å²) < 4.78 is 16.5. The van der Waals surface area contributed by atoms with Crippen molar-refractivity contribution < 1.29 is 8.39 Å². The van der Waals surface area contributed by atoms with Crippen LogP contribution in [0.5, 0.6) is 5.75 Å². The van der Waals surface area contributed by atoms with E-state index in [1.165, 1.54) is 33.5 Å². The van der Waals surface area contributed by atoms with Gasteiger partial charge in [0.2, 0.25) is 11.1 Å². The third kappa shape index (κ3) is 2.08. The molecule has 20 heavy (non-hydrogen) atoms. The van der Waals surface area contributed by atoms with Gasteiger partial charge in [0.25, 0.3) is 0 Å². The smallest absolute Gasteiger partial charge is 0.203 e. The Bertz CT molecular complexity index is 837. The van der Waals surface area contributed by atoms with Crippen molar-refractivity contribution in [1.82, 2.24) is 0 Å². The first kappa shape index (κ1) is 13.1.